The fourth-order valence-electron chi connectivity index (χ4n) is 2.67. The topological polar surface area (TPSA) is 20.2 Å². The van der Waals surface area contributed by atoms with Gasteiger partial charge in [-0.3, -0.25) is 0 Å². The maximum absolute atomic E-state index is 10.2. The lowest BCUT2D eigenvalue weighted by Crippen LogP contribution is -1.97. The summed E-state index contributed by atoms with van der Waals surface area (Å²) in [5.74, 6) is 0.585. The molecule has 0 amide bonds. The highest BCUT2D eigenvalue weighted by atomic mass is 16.3. The lowest BCUT2D eigenvalue weighted by molar-refractivity contribution is 0.459. The van der Waals surface area contributed by atoms with Crippen LogP contribution in [0.15, 0.2) is 12.1 Å². The molecular weight excluding hydrogens is 196 g/mol. The van der Waals surface area contributed by atoms with E-state index in [0.717, 1.165) is 24.8 Å². The van der Waals surface area contributed by atoms with Crippen LogP contribution in [0.2, 0.25) is 0 Å². The molecule has 1 aromatic carbocycles. The van der Waals surface area contributed by atoms with Crippen molar-refractivity contribution in [3.8, 4) is 5.75 Å². The first kappa shape index (κ1) is 11.5. The minimum Gasteiger partial charge on any atom is -0.507 e. The van der Waals surface area contributed by atoms with E-state index in [1.165, 1.54) is 43.2 Å². The van der Waals surface area contributed by atoms with E-state index >= 15 is 0 Å². The van der Waals surface area contributed by atoms with E-state index in [1.807, 2.05) is 0 Å². The molecule has 88 valence electrons. The molecule has 1 nitrogen and oxygen atoms in total. The van der Waals surface area contributed by atoms with E-state index in [9.17, 15) is 5.11 Å². The van der Waals surface area contributed by atoms with Crippen LogP contribution in [0.25, 0.3) is 0 Å². The second-order valence-corrected chi connectivity index (χ2v) is 4.83. The van der Waals surface area contributed by atoms with Gasteiger partial charge in [-0.05, 0) is 48.8 Å². The Morgan fingerprint density at radius 2 is 1.69 bits per heavy atom. The number of benzene rings is 1. The zero-order chi connectivity index (χ0) is 11.4. The average Bonchev–Trinajstić information content (AvgIpc) is 2.41. The highest BCUT2D eigenvalue weighted by Crippen LogP contribution is 2.30. The summed E-state index contributed by atoms with van der Waals surface area (Å²) in [6.45, 7) is 2.11. The van der Waals surface area contributed by atoms with E-state index in [1.54, 1.807) is 0 Å². The fourth-order valence-corrected chi connectivity index (χ4v) is 2.67. The highest BCUT2D eigenvalue weighted by molar-refractivity contribution is 5.46. The number of phenols is 1. The molecule has 1 aromatic rings. The zero-order valence-corrected chi connectivity index (χ0v) is 10.3. The summed E-state index contributed by atoms with van der Waals surface area (Å²) in [5, 5.41) is 10.2. The van der Waals surface area contributed by atoms with Crippen molar-refractivity contribution >= 4 is 0 Å². The summed E-state index contributed by atoms with van der Waals surface area (Å²) < 4.78 is 0. The molecule has 1 N–H and O–H groups in total. The normalized spacial score (nSPS) is 17.1. The summed E-state index contributed by atoms with van der Waals surface area (Å²) in [4.78, 5) is 0. The van der Waals surface area contributed by atoms with Crippen molar-refractivity contribution < 1.29 is 5.11 Å². The van der Waals surface area contributed by atoms with Crippen LogP contribution in [-0.4, -0.2) is 5.11 Å². The van der Waals surface area contributed by atoms with E-state index < -0.39 is 0 Å². The number of aryl methyl sites for hydroxylation is 2. The number of hydrogen-bond donors (Lipinski definition) is 1. The molecule has 0 spiro atoms. The standard InChI is InChI=1S/C15H22O/c1-2-12-10-11-13-8-6-4-3-5-7-9-14(13)15(12)16/h10-11,16H,2-9H2,1H3. The predicted molar refractivity (Wildman–Crippen MR) is 68.0 cm³/mol. The van der Waals surface area contributed by atoms with Crippen LogP contribution in [0, 0.1) is 0 Å². The third-order valence-electron chi connectivity index (χ3n) is 3.72. The molecule has 2 rings (SSSR count). The van der Waals surface area contributed by atoms with Gasteiger partial charge in [-0.2, -0.15) is 0 Å². The van der Waals surface area contributed by atoms with Gasteiger partial charge in [0.2, 0.25) is 0 Å². The Bertz CT molecular complexity index is 355. The molecule has 0 radical (unpaired) electrons. The number of rotatable bonds is 1. The molecule has 0 atom stereocenters. The van der Waals surface area contributed by atoms with Crippen molar-refractivity contribution in [2.24, 2.45) is 0 Å². The quantitative estimate of drug-likeness (QED) is 0.755. The van der Waals surface area contributed by atoms with Gasteiger partial charge in [0.25, 0.3) is 0 Å². The molecule has 0 saturated carbocycles. The van der Waals surface area contributed by atoms with Crippen LogP contribution in [0.3, 0.4) is 0 Å². The Morgan fingerprint density at radius 1 is 1.00 bits per heavy atom. The van der Waals surface area contributed by atoms with Crippen molar-refractivity contribution in [1.29, 1.82) is 0 Å². The SMILES string of the molecule is CCc1ccc2c(c1O)CCCCCCC2. The van der Waals surface area contributed by atoms with Crippen LogP contribution in [0.5, 0.6) is 5.75 Å². The average molecular weight is 218 g/mol. The van der Waals surface area contributed by atoms with Crippen molar-refractivity contribution in [2.75, 3.05) is 0 Å². The highest BCUT2D eigenvalue weighted by Gasteiger charge is 2.12. The van der Waals surface area contributed by atoms with Crippen molar-refractivity contribution in [3.05, 3.63) is 28.8 Å². The van der Waals surface area contributed by atoms with Crippen molar-refractivity contribution in [1.82, 2.24) is 0 Å². The summed E-state index contributed by atoms with van der Waals surface area (Å²) in [6, 6.07) is 4.34. The van der Waals surface area contributed by atoms with Crippen LogP contribution >= 0.6 is 0 Å². The van der Waals surface area contributed by atoms with Crippen LogP contribution < -0.4 is 0 Å². The Kier molecular flexibility index (Phi) is 3.87. The number of phenolic OH excluding ortho intramolecular Hbond substituents is 1. The largest absolute Gasteiger partial charge is 0.507 e. The van der Waals surface area contributed by atoms with E-state index in [4.69, 9.17) is 0 Å². The van der Waals surface area contributed by atoms with E-state index in [-0.39, 0.29) is 0 Å². The van der Waals surface area contributed by atoms with Gasteiger partial charge >= 0.3 is 0 Å². The van der Waals surface area contributed by atoms with Gasteiger partial charge in [0.15, 0.2) is 0 Å². The van der Waals surface area contributed by atoms with Crippen LogP contribution in [-0.2, 0) is 19.3 Å². The number of fused-ring (bicyclic) bond motifs is 1. The predicted octanol–water partition coefficient (Wildman–Crippen LogP) is 4.00. The first-order chi connectivity index (χ1) is 7.83. The lowest BCUT2D eigenvalue weighted by atomic mass is 9.95. The van der Waals surface area contributed by atoms with Gasteiger partial charge in [-0.1, -0.05) is 38.3 Å². The minimum atomic E-state index is 0.585. The third kappa shape index (κ3) is 2.40. The molecule has 0 heterocycles. The van der Waals surface area contributed by atoms with E-state index in [2.05, 4.69) is 19.1 Å². The number of aromatic hydroxyl groups is 1. The molecule has 0 aromatic heterocycles. The maximum atomic E-state index is 10.2. The van der Waals surface area contributed by atoms with Gasteiger partial charge in [0, 0.05) is 0 Å². The second-order valence-electron chi connectivity index (χ2n) is 4.83. The van der Waals surface area contributed by atoms with Gasteiger partial charge < -0.3 is 5.11 Å². The van der Waals surface area contributed by atoms with Gasteiger partial charge in [-0.25, -0.2) is 0 Å². The summed E-state index contributed by atoms with van der Waals surface area (Å²) in [5.41, 5.74) is 3.73. The lowest BCUT2D eigenvalue weighted by Gasteiger charge is -2.13. The molecule has 1 aliphatic carbocycles. The Hall–Kier alpha value is -0.980. The second kappa shape index (κ2) is 5.38. The molecule has 1 aliphatic rings. The van der Waals surface area contributed by atoms with Crippen molar-refractivity contribution in [3.63, 3.8) is 0 Å². The summed E-state index contributed by atoms with van der Waals surface area (Å²) >= 11 is 0. The molecule has 16 heavy (non-hydrogen) atoms. The van der Waals surface area contributed by atoms with Crippen LogP contribution in [0.1, 0.15) is 55.7 Å². The monoisotopic (exact) mass is 218 g/mol. The van der Waals surface area contributed by atoms with Gasteiger partial charge in [0.05, 0.1) is 0 Å². The fraction of sp³-hybridized carbons (Fsp3) is 0.600. The molecule has 1 heteroatoms. The molecular formula is C15H22O. The number of hydrogen-bond acceptors (Lipinski definition) is 1. The summed E-state index contributed by atoms with van der Waals surface area (Å²) in [6.07, 6.45) is 9.66. The molecule has 0 bridgehead atoms. The third-order valence-corrected chi connectivity index (χ3v) is 3.72. The molecule has 0 unspecified atom stereocenters. The van der Waals surface area contributed by atoms with E-state index in [0.29, 0.717) is 5.75 Å². The Balaban J connectivity index is 2.33. The van der Waals surface area contributed by atoms with Crippen LogP contribution in [0.4, 0.5) is 0 Å². The van der Waals surface area contributed by atoms with Gasteiger partial charge in [-0.15, -0.1) is 0 Å². The first-order valence-corrected chi connectivity index (χ1v) is 6.65. The molecule has 0 saturated heterocycles. The van der Waals surface area contributed by atoms with Crippen molar-refractivity contribution in [2.45, 2.75) is 58.3 Å². The first-order valence-electron chi connectivity index (χ1n) is 6.65. The molecule has 0 aliphatic heterocycles. The van der Waals surface area contributed by atoms with Gasteiger partial charge in [0.1, 0.15) is 5.75 Å². The maximum Gasteiger partial charge on any atom is 0.122 e. The Morgan fingerprint density at radius 3 is 2.44 bits per heavy atom. The zero-order valence-electron chi connectivity index (χ0n) is 10.3. The minimum absolute atomic E-state index is 0.585. The molecule has 0 fully saturated rings. The summed E-state index contributed by atoms with van der Waals surface area (Å²) in [7, 11) is 0. The smallest absolute Gasteiger partial charge is 0.122 e. The Labute approximate surface area is 98.5 Å².